The number of hydrogen-bond donors (Lipinski definition) is 1. The maximum absolute atomic E-state index is 12.7. The zero-order valence-electron chi connectivity index (χ0n) is 15.0. The fourth-order valence-electron chi connectivity index (χ4n) is 3.97. The summed E-state index contributed by atoms with van der Waals surface area (Å²) in [6.07, 6.45) is 7.32. The number of amides is 2. The molecule has 2 saturated carbocycles. The van der Waals surface area contributed by atoms with Crippen LogP contribution in [0.2, 0.25) is 0 Å². The summed E-state index contributed by atoms with van der Waals surface area (Å²) in [7, 11) is 0. The van der Waals surface area contributed by atoms with Crippen molar-refractivity contribution in [2.75, 3.05) is 13.1 Å². The van der Waals surface area contributed by atoms with Crippen LogP contribution in [0, 0.1) is 23.2 Å². The topological polar surface area (TPSA) is 73.2 Å². The van der Waals surface area contributed by atoms with E-state index in [9.17, 15) is 9.59 Å². The standard InChI is InChI=1S/C21H25N3O2/c22-14-16-3-5-18(6-4-16)20(26)24-11-9-21(10-12-24,13-15-1-2-15)23-19(25)17-7-8-17/h3-6,15,17H,1-2,7-13H2,(H,23,25). The summed E-state index contributed by atoms with van der Waals surface area (Å²) in [5.41, 5.74) is 1.06. The highest BCUT2D eigenvalue weighted by atomic mass is 16.2. The van der Waals surface area contributed by atoms with Crippen LogP contribution in [0.1, 0.15) is 60.9 Å². The molecule has 0 radical (unpaired) electrons. The van der Waals surface area contributed by atoms with Crippen molar-refractivity contribution in [2.24, 2.45) is 11.8 Å². The van der Waals surface area contributed by atoms with Crippen molar-refractivity contribution in [1.29, 1.82) is 5.26 Å². The number of likely N-dealkylation sites (tertiary alicyclic amines) is 1. The minimum atomic E-state index is -0.123. The van der Waals surface area contributed by atoms with Crippen LogP contribution < -0.4 is 5.32 Å². The van der Waals surface area contributed by atoms with Crippen LogP contribution in [-0.2, 0) is 4.79 Å². The second-order valence-corrected chi connectivity index (χ2v) is 8.17. The molecule has 1 saturated heterocycles. The molecular weight excluding hydrogens is 326 g/mol. The normalized spacial score (nSPS) is 21.7. The summed E-state index contributed by atoms with van der Waals surface area (Å²) >= 11 is 0. The Kier molecular flexibility index (Phi) is 4.44. The number of benzene rings is 1. The summed E-state index contributed by atoms with van der Waals surface area (Å²) < 4.78 is 0. The third-order valence-electron chi connectivity index (χ3n) is 5.98. The minimum absolute atomic E-state index is 0.0167. The first-order valence-corrected chi connectivity index (χ1v) is 9.70. The molecule has 5 nitrogen and oxygen atoms in total. The molecule has 3 aliphatic rings. The summed E-state index contributed by atoms with van der Waals surface area (Å²) in [4.78, 5) is 27.0. The van der Waals surface area contributed by atoms with Gasteiger partial charge in [-0.15, -0.1) is 0 Å². The highest BCUT2D eigenvalue weighted by Crippen LogP contribution is 2.41. The molecule has 1 aliphatic heterocycles. The van der Waals surface area contributed by atoms with Crippen molar-refractivity contribution >= 4 is 11.8 Å². The molecule has 3 fully saturated rings. The van der Waals surface area contributed by atoms with E-state index < -0.39 is 0 Å². The quantitative estimate of drug-likeness (QED) is 0.886. The van der Waals surface area contributed by atoms with Gasteiger partial charge in [-0.25, -0.2) is 0 Å². The summed E-state index contributed by atoms with van der Waals surface area (Å²) in [6.45, 7) is 1.35. The number of nitrogens with zero attached hydrogens (tertiary/aromatic N) is 2. The third-order valence-corrected chi connectivity index (χ3v) is 5.98. The van der Waals surface area contributed by atoms with Gasteiger partial charge in [-0.2, -0.15) is 5.26 Å². The highest BCUT2D eigenvalue weighted by molar-refractivity contribution is 5.94. The maximum atomic E-state index is 12.7. The van der Waals surface area contributed by atoms with Gasteiger partial charge < -0.3 is 10.2 Å². The Labute approximate surface area is 154 Å². The molecule has 1 N–H and O–H groups in total. The van der Waals surface area contributed by atoms with E-state index in [1.165, 1.54) is 12.8 Å². The van der Waals surface area contributed by atoms with Gasteiger partial charge in [0.25, 0.3) is 5.91 Å². The Bertz CT molecular complexity index is 734. The average molecular weight is 351 g/mol. The molecule has 0 unspecified atom stereocenters. The number of rotatable bonds is 5. The van der Waals surface area contributed by atoms with Crippen molar-refractivity contribution in [3.63, 3.8) is 0 Å². The molecule has 1 aromatic carbocycles. The predicted octanol–water partition coefficient (Wildman–Crippen LogP) is 2.86. The van der Waals surface area contributed by atoms with Crippen molar-refractivity contribution in [3.05, 3.63) is 35.4 Å². The lowest BCUT2D eigenvalue weighted by Crippen LogP contribution is -2.56. The lowest BCUT2D eigenvalue weighted by Gasteiger charge is -2.43. The average Bonchev–Trinajstić information content (AvgIpc) is 3.55. The molecule has 2 aliphatic carbocycles. The molecule has 4 rings (SSSR count). The molecule has 0 aromatic heterocycles. The molecular formula is C21H25N3O2. The lowest BCUT2D eigenvalue weighted by atomic mass is 9.82. The molecule has 136 valence electrons. The first-order valence-electron chi connectivity index (χ1n) is 9.70. The minimum Gasteiger partial charge on any atom is -0.350 e. The van der Waals surface area contributed by atoms with Gasteiger partial charge in [0.05, 0.1) is 11.6 Å². The lowest BCUT2D eigenvalue weighted by molar-refractivity contribution is -0.125. The van der Waals surface area contributed by atoms with E-state index in [-0.39, 0.29) is 23.3 Å². The molecule has 5 heteroatoms. The molecule has 0 atom stereocenters. The van der Waals surface area contributed by atoms with Crippen LogP contribution in [-0.4, -0.2) is 35.3 Å². The Morgan fingerprint density at radius 1 is 1.12 bits per heavy atom. The Morgan fingerprint density at radius 2 is 1.77 bits per heavy atom. The zero-order valence-corrected chi connectivity index (χ0v) is 15.0. The van der Waals surface area contributed by atoms with Gasteiger partial charge in [0.2, 0.25) is 5.91 Å². The monoisotopic (exact) mass is 351 g/mol. The SMILES string of the molecule is N#Cc1ccc(C(=O)N2CCC(CC3CC3)(NC(=O)C3CC3)CC2)cc1. The highest BCUT2D eigenvalue weighted by Gasteiger charge is 2.43. The number of nitriles is 1. The number of carbonyl (C=O) groups excluding carboxylic acids is 2. The first kappa shape index (κ1) is 17.1. The Hall–Kier alpha value is -2.35. The fourth-order valence-corrected chi connectivity index (χ4v) is 3.97. The van der Waals surface area contributed by atoms with Crippen LogP contribution in [0.5, 0.6) is 0 Å². The van der Waals surface area contributed by atoms with Crippen molar-refractivity contribution in [3.8, 4) is 6.07 Å². The zero-order chi connectivity index (χ0) is 18.1. The second-order valence-electron chi connectivity index (χ2n) is 8.17. The van der Waals surface area contributed by atoms with Gasteiger partial charge in [0.1, 0.15) is 0 Å². The van der Waals surface area contributed by atoms with Crippen LogP contribution in [0.25, 0.3) is 0 Å². The number of hydrogen-bond acceptors (Lipinski definition) is 3. The van der Waals surface area contributed by atoms with E-state index in [0.29, 0.717) is 24.2 Å². The Balaban J connectivity index is 1.40. The van der Waals surface area contributed by atoms with E-state index in [0.717, 1.165) is 38.0 Å². The molecule has 0 bridgehead atoms. The first-order chi connectivity index (χ1) is 12.6. The summed E-state index contributed by atoms with van der Waals surface area (Å²) in [5.74, 6) is 1.21. The Morgan fingerprint density at radius 3 is 2.31 bits per heavy atom. The third kappa shape index (κ3) is 3.75. The van der Waals surface area contributed by atoms with Crippen molar-refractivity contribution in [2.45, 2.75) is 50.5 Å². The number of nitrogens with one attached hydrogen (secondary N) is 1. The molecule has 0 spiro atoms. The van der Waals surface area contributed by atoms with Gasteiger partial charge in [0, 0.05) is 30.1 Å². The van der Waals surface area contributed by atoms with E-state index >= 15 is 0 Å². The second kappa shape index (κ2) is 6.75. The molecule has 1 heterocycles. The maximum Gasteiger partial charge on any atom is 0.253 e. The van der Waals surface area contributed by atoms with Crippen LogP contribution in [0.3, 0.4) is 0 Å². The summed E-state index contributed by atoms with van der Waals surface area (Å²) in [6, 6.07) is 8.89. The smallest absolute Gasteiger partial charge is 0.253 e. The predicted molar refractivity (Wildman–Crippen MR) is 97.2 cm³/mol. The van der Waals surface area contributed by atoms with Gasteiger partial charge in [-0.1, -0.05) is 12.8 Å². The van der Waals surface area contributed by atoms with Crippen LogP contribution >= 0.6 is 0 Å². The van der Waals surface area contributed by atoms with Crippen molar-refractivity contribution in [1.82, 2.24) is 10.2 Å². The number of piperidine rings is 1. The van der Waals surface area contributed by atoms with Crippen molar-refractivity contribution < 1.29 is 9.59 Å². The largest absolute Gasteiger partial charge is 0.350 e. The molecule has 26 heavy (non-hydrogen) atoms. The van der Waals surface area contributed by atoms with E-state index in [4.69, 9.17) is 5.26 Å². The fraction of sp³-hybridized carbons (Fsp3) is 0.571. The van der Waals surface area contributed by atoms with Crippen LogP contribution in [0.15, 0.2) is 24.3 Å². The van der Waals surface area contributed by atoms with Gasteiger partial charge in [-0.3, -0.25) is 9.59 Å². The number of carbonyl (C=O) groups is 2. The van der Waals surface area contributed by atoms with Gasteiger partial charge in [-0.05, 0) is 62.3 Å². The van der Waals surface area contributed by atoms with E-state index in [1.54, 1.807) is 24.3 Å². The molecule has 2 amide bonds. The molecule has 1 aromatic rings. The van der Waals surface area contributed by atoms with E-state index in [2.05, 4.69) is 11.4 Å². The summed E-state index contributed by atoms with van der Waals surface area (Å²) in [5, 5.41) is 12.3. The van der Waals surface area contributed by atoms with Gasteiger partial charge in [0.15, 0.2) is 0 Å². The van der Waals surface area contributed by atoms with E-state index in [1.807, 2.05) is 4.90 Å². The van der Waals surface area contributed by atoms with Crippen LogP contribution in [0.4, 0.5) is 0 Å². The van der Waals surface area contributed by atoms with Gasteiger partial charge >= 0.3 is 0 Å².